The van der Waals surface area contributed by atoms with E-state index in [1.54, 1.807) is 12.1 Å². The van der Waals surface area contributed by atoms with Crippen LogP contribution >= 0.6 is 11.6 Å². The third-order valence-corrected chi connectivity index (χ3v) is 2.48. The second kappa shape index (κ2) is 6.61. The number of benzene rings is 1. The highest BCUT2D eigenvalue weighted by atomic mass is 35.5. The zero-order chi connectivity index (χ0) is 13.7. The van der Waals surface area contributed by atoms with Gasteiger partial charge in [0.05, 0.1) is 18.8 Å². The van der Waals surface area contributed by atoms with Gasteiger partial charge in [-0.05, 0) is 26.5 Å². The SMILES string of the molecule is COc1cc(Cl)cc(C(=O)CCN)c1OC(C)C. The van der Waals surface area contributed by atoms with Crippen LogP contribution < -0.4 is 15.2 Å². The van der Waals surface area contributed by atoms with E-state index < -0.39 is 0 Å². The summed E-state index contributed by atoms with van der Waals surface area (Å²) in [6.45, 7) is 4.05. The molecule has 0 aromatic heterocycles. The summed E-state index contributed by atoms with van der Waals surface area (Å²) >= 11 is 5.96. The van der Waals surface area contributed by atoms with Crippen LogP contribution in [0, 0.1) is 0 Å². The number of hydrogen-bond acceptors (Lipinski definition) is 4. The Kier molecular flexibility index (Phi) is 5.44. The number of Topliss-reactive ketones (excluding diaryl/α,β-unsaturated/α-hetero) is 1. The number of carbonyl (C=O) groups excluding carboxylic acids is 1. The van der Waals surface area contributed by atoms with Crippen LogP contribution in [-0.4, -0.2) is 25.5 Å². The van der Waals surface area contributed by atoms with Gasteiger partial charge in [-0.1, -0.05) is 11.6 Å². The highest BCUT2D eigenvalue weighted by molar-refractivity contribution is 6.31. The van der Waals surface area contributed by atoms with E-state index in [0.29, 0.717) is 22.1 Å². The summed E-state index contributed by atoms with van der Waals surface area (Å²) in [6.07, 6.45) is 0.183. The molecule has 0 saturated heterocycles. The number of ketones is 1. The summed E-state index contributed by atoms with van der Waals surface area (Å²) in [4.78, 5) is 12.0. The molecule has 1 rings (SSSR count). The summed E-state index contributed by atoms with van der Waals surface area (Å²) in [6, 6.07) is 3.21. The predicted molar refractivity (Wildman–Crippen MR) is 71.8 cm³/mol. The van der Waals surface area contributed by atoms with E-state index in [4.69, 9.17) is 26.8 Å². The number of carbonyl (C=O) groups is 1. The lowest BCUT2D eigenvalue weighted by Crippen LogP contribution is -2.13. The van der Waals surface area contributed by atoms with E-state index in [1.807, 2.05) is 13.8 Å². The highest BCUT2D eigenvalue weighted by Crippen LogP contribution is 2.36. The van der Waals surface area contributed by atoms with Crippen molar-refractivity contribution in [3.05, 3.63) is 22.7 Å². The van der Waals surface area contributed by atoms with E-state index in [-0.39, 0.29) is 24.9 Å². The minimum Gasteiger partial charge on any atom is -0.493 e. The average molecular weight is 272 g/mol. The van der Waals surface area contributed by atoms with Crippen LogP contribution in [-0.2, 0) is 0 Å². The fourth-order valence-electron chi connectivity index (χ4n) is 1.55. The first-order chi connectivity index (χ1) is 8.49. The van der Waals surface area contributed by atoms with Gasteiger partial charge in [0.2, 0.25) is 0 Å². The maximum absolute atomic E-state index is 12.0. The second-order valence-electron chi connectivity index (χ2n) is 4.11. The Morgan fingerprint density at radius 3 is 2.61 bits per heavy atom. The fraction of sp³-hybridized carbons (Fsp3) is 0.462. The van der Waals surface area contributed by atoms with Crippen LogP contribution in [0.1, 0.15) is 30.6 Å². The van der Waals surface area contributed by atoms with Crippen molar-refractivity contribution in [3.63, 3.8) is 0 Å². The summed E-state index contributed by atoms with van der Waals surface area (Å²) in [7, 11) is 1.51. The number of methoxy groups -OCH3 is 1. The van der Waals surface area contributed by atoms with E-state index in [2.05, 4.69) is 0 Å². The van der Waals surface area contributed by atoms with Crippen molar-refractivity contribution in [3.8, 4) is 11.5 Å². The first-order valence-electron chi connectivity index (χ1n) is 5.77. The zero-order valence-electron chi connectivity index (χ0n) is 10.8. The first-order valence-corrected chi connectivity index (χ1v) is 6.14. The third kappa shape index (κ3) is 3.62. The third-order valence-electron chi connectivity index (χ3n) is 2.26. The van der Waals surface area contributed by atoms with Gasteiger partial charge in [-0.2, -0.15) is 0 Å². The van der Waals surface area contributed by atoms with Gasteiger partial charge in [0.1, 0.15) is 0 Å². The molecule has 0 aliphatic rings. The van der Waals surface area contributed by atoms with Crippen molar-refractivity contribution in [1.29, 1.82) is 0 Å². The first kappa shape index (κ1) is 14.8. The second-order valence-corrected chi connectivity index (χ2v) is 4.55. The number of rotatable bonds is 6. The van der Waals surface area contributed by atoms with E-state index in [0.717, 1.165) is 0 Å². The lowest BCUT2D eigenvalue weighted by molar-refractivity contribution is 0.0978. The smallest absolute Gasteiger partial charge is 0.172 e. The van der Waals surface area contributed by atoms with Crippen LogP contribution in [0.3, 0.4) is 0 Å². The molecular weight excluding hydrogens is 254 g/mol. The summed E-state index contributed by atoms with van der Waals surface area (Å²) in [5.41, 5.74) is 5.82. The van der Waals surface area contributed by atoms with Crippen LogP contribution in [0.2, 0.25) is 5.02 Å². The maximum Gasteiger partial charge on any atom is 0.172 e. The number of ether oxygens (including phenoxy) is 2. The van der Waals surface area contributed by atoms with Gasteiger partial charge in [-0.15, -0.1) is 0 Å². The molecule has 0 saturated carbocycles. The fourth-order valence-corrected chi connectivity index (χ4v) is 1.76. The topological polar surface area (TPSA) is 61.5 Å². The molecule has 0 bridgehead atoms. The van der Waals surface area contributed by atoms with Crippen molar-refractivity contribution in [1.82, 2.24) is 0 Å². The van der Waals surface area contributed by atoms with Crippen molar-refractivity contribution in [2.45, 2.75) is 26.4 Å². The molecule has 1 aromatic carbocycles. The molecule has 0 aliphatic heterocycles. The van der Waals surface area contributed by atoms with Crippen molar-refractivity contribution >= 4 is 17.4 Å². The van der Waals surface area contributed by atoms with E-state index in [1.165, 1.54) is 7.11 Å². The van der Waals surface area contributed by atoms with E-state index in [9.17, 15) is 4.79 Å². The van der Waals surface area contributed by atoms with E-state index >= 15 is 0 Å². The highest BCUT2D eigenvalue weighted by Gasteiger charge is 2.19. The lowest BCUT2D eigenvalue weighted by Gasteiger charge is -2.17. The quantitative estimate of drug-likeness (QED) is 0.808. The Hall–Kier alpha value is -1.26. The molecule has 0 fully saturated rings. The largest absolute Gasteiger partial charge is 0.493 e. The van der Waals surface area contributed by atoms with Gasteiger partial charge in [0.25, 0.3) is 0 Å². The molecule has 1 aromatic rings. The number of halogens is 1. The summed E-state index contributed by atoms with van der Waals surface area (Å²) < 4.78 is 10.8. The molecule has 4 nitrogen and oxygen atoms in total. The molecule has 100 valence electrons. The molecule has 0 unspecified atom stereocenters. The van der Waals surface area contributed by atoms with Crippen LogP contribution in [0.4, 0.5) is 0 Å². The standard InChI is InChI=1S/C13H18ClNO3/c1-8(2)18-13-10(11(16)4-5-15)6-9(14)7-12(13)17-3/h6-8H,4-5,15H2,1-3H3. The van der Waals surface area contributed by atoms with Gasteiger partial charge in [0.15, 0.2) is 17.3 Å². The Morgan fingerprint density at radius 1 is 1.44 bits per heavy atom. The predicted octanol–water partition coefficient (Wildman–Crippen LogP) is 2.67. The molecule has 0 heterocycles. The monoisotopic (exact) mass is 271 g/mol. The Balaban J connectivity index is 3.27. The van der Waals surface area contributed by atoms with Crippen LogP contribution in [0.25, 0.3) is 0 Å². The van der Waals surface area contributed by atoms with Gasteiger partial charge < -0.3 is 15.2 Å². The normalized spacial score (nSPS) is 10.6. The van der Waals surface area contributed by atoms with Gasteiger partial charge >= 0.3 is 0 Å². The molecule has 18 heavy (non-hydrogen) atoms. The maximum atomic E-state index is 12.0. The molecule has 0 spiro atoms. The molecule has 0 radical (unpaired) electrons. The van der Waals surface area contributed by atoms with Crippen LogP contribution in [0.5, 0.6) is 11.5 Å². The number of nitrogens with two attached hydrogens (primary N) is 1. The van der Waals surface area contributed by atoms with Crippen molar-refractivity contribution < 1.29 is 14.3 Å². The summed E-state index contributed by atoms with van der Waals surface area (Å²) in [5.74, 6) is 0.779. The molecule has 0 amide bonds. The van der Waals surface area contributed by atoms with Crippen LogP contribution in [0.15, 0.2) is 12.1 Å². The number of hydrogen-bond donors (Lipinski definition) is 1. The Morgan fingerprint density at radius 2 is 2.11 bits per heavy atom. The average Bonchev–Trinajstić information content (AvgIpc) is 2.30. The molecular formula is C13H18ClNO3. The molecule has 2 N–H and O–H groups in total. The van der Waals surface area contributed by atoms with Crippen molar-refractivity contribution in [2.75, 3.05) is 13.7 Å². The molecule has 0 aliphatic carbocycles. The summed E-state index contributed by atoms with van der Waals surface area (Å²) in [5, 5.41) is 0.434. The Labute approximate surface area is 112 Å². The van der Waals surface area contributed by atoms with Gasteiger partial charge in [0, 0.05) is 17.5 Å². The Bertz CT molecular complexity index is 432. The molecule has 5 heteroatoms. The minimum absolute atomic E-state index is 0.0653. The zero-order valence-corrected chi connectivity index (χ0v) is 11.6. The van der Waals surface area contributed by atoms with Gasteiger partial charge in [-0.25, -0.2) is 0 Å². The van der Waals surface area contributed by atoms with Crippen molar-refractivity contribution in [2.24, 2.45) is 5.73 Å². The lowest BCUT2D eigenvalue weighted by atomic mass is 10.1. The van der Waals surface area contributed by atoms with Gasteiger partial charge in [-0.3, -0.25) is 4.79 Å². The molecule has 0 atom stereocenters. The minimum atomic E-state index is -0.103.